The highest BCUT2D eigenvalue weighted by Gasteiger charge is 2.10. The molecule has 0 bridgehead atoms. The third-order valence-corrected chi connectivity index (χ3v) is 4.87. The Hall–Kier alpha value is -2.93. The number of thioether (sulfide) groups is 1. The second kappa shape index (κ2) is 7.13. The standard InChI is InChI=1S/C19H17N5OS/c1-12-17(21-16-6-4-3-5-15(16)20-12)11-26-19-22-18(23-24-19)13-7-9-14(25-2)10-8-13/h3-10H,11H2,1-2H3,(H,22,23,24). The second-order valence-electron chi connectivity index (χ2n) is 5.73. The maximum atomic E-state index is 5.18. The molecule has 4 aromatic rings. The van der Waals surface area contributed by atoms with Gasteiger partial charge in [0.1, 0.15) is 5.75 Å². The van der Waals surface area contributed by atoms with Crippen LogP contribution in [0.2, 0.25) is 0 Å². The normalized spacial score (nSPS) is 11.0. The van der Waals surface area contributed by atoms with Crippen molar-refractivity contribution in [2.24, 2.45) is 0 Å². The molecule has 0 aliphatic heterocycles. The summed E-state index contributed by atoms with van der Waals surface area (Å²) in [6.07, 6.45) is 0. The first kappa shape index (κ1) is 16.5. The number of nitrogens with zero attached hydrogens (tertiary/aromatic N) is 4. The van der Waals surface area contributed by atoms with Crippen LogP contribution in [0.4, 0.5) is 0 Å². The lowest BCUT2D eigenvalue weighted by atomic mass is 10.2. The van der Waals surface area contributed by atoms with Gasteiger partial charge in [0.15, 0.2) is 5.82 Å². The third kappa shape index (κ3) is 3.39. The minimum absolute atomic E-state index is 0.670. The van der Waals surface area contributed by atoms with E-state index in [0.29, 0.717) is 10.9 Å². The smallest absolute Gasteiger partial charge is 0.209 e. The fourth-order valence-electron chi connectivity index (χ4n) is 2.58. The van der Waals surface area contributed by atoms with Gasteiger partial charge in [-0.05, 0) is 43.3 Å². The number of nitrogens with one attached hydrogen (secondary N) is 1. The topological polar surface area (TPSA) is 76.6 Å². The fraction of sp³-hybridized carbons (Fsp3) is 0.158. The summed E-state index contributed by atoms with van der Waals surface area (Å²) in [5, 5.41) is 7.96. The van der Waals surface area contributed by atoms with Crippen LogP contribution < -0.4 is 4.74 Å². The molecule has 0 aliphatic carbocycles. The summed E-state index contributed by atoms with van der Waals surface area (Å²) < 4.78 is 5.18. The minimum Gasteiger partial charge on any atom is -0.497 e. The molecule has 0 atom stereocenters. The number of rotatable bonds is 5. The number of ether oxygens (including phenoxy) is 1. The van der Waals surface area contributed by atoms with Gasteiger partial charge in [0.2, 0.25) is 5.16 Å². The molecule has 0 unspecified atom stereocenters. The van der Waals surface area contributed by atoms with Crippen LogP contribution in [-0.2, 0) is 5.75 Å². The van der Waals surface area contributed by atoms with Gasteiger partial charge in [-0.1, -0.05) is 23.9 Å². The molecule has 2 aromatic carbocycles. The van der Waals surface area contributed by atoms with Crippen LogP contribution in [0, 0.1) is 6.92 Å². The first-order valence-electron chi connectivity index (χ1n) is 8.15. The Morgan fingerprint density at radius 1 is 0.962 bits per heavy atom. The molecule has 130 valence electrons. The Balaban J connectivity index is 1.50. The molecule has 0 aliphatic rings. The SMILES string of the molecule is COc1ccc(-c2nc(SCc3nc4ccccc4nc3C)n[nH]2)cc1. The van der Waals surface area contributed by atoms with Gasteiger partial charge in [-0.3, -0.25) is 5.10 Å². The number of H-pyrrole nitrogens is 1. The van der Waals surface area contributed by atoms with Gasteiger partial charge in [0, 0.05) is 11.3 Å². The number of hydrogen-bond acceptors (Lipinski definition) is 6. The Morgan fingerprint density at radius 3 is 2.42 bits per heavy atom. The van der Waals surface area contributed by atoms with Crippen LogP contribution in [-0.4, -0.2) is 32.3 Å². The van der Waals surface area contributed by atoms with Gasteiger partial charge in [0.25, 0.3) is 0 Å². The molecule has 2 heterocycles. The van der Waals surface area contributed by atoms with E-state index in [2.05, 4.69) is 20.2 Å². The molecule has 0 saturated carbocycles. The van der Waals surface area contributed by atoms with Gasteiger partial charge in [-0.15, -0.1) is 5.10 Å². The van der Waals surface area contributed by atoms with E-state index >= 15 is 0 Å². The molecule has 0 fully saturated rings. The van der Waals surface area contributed by atoms with E-state index in [-0.39, 0.29) is 0 Å². The number of para-hydroxylation sites is 2. The van der Waals surface area contributed by atoms with Crippen molar-refractivity contribution < 1.29 is 4.74 Å². The zero-order valence-corrected chi connectivity index (χ0v) is 15.2. The fourth-order valence-corrected chi connectivity index (χ4v) is 3.39. The zero-order valence-electron chi connectivity index (χ0n) is 14.4. The quantitative estimate of drug-likeness (QED) is 0.540. The molecule has 4 rings (SSSR count). The summed E-state index contributed by atoms with van der Waals surface area (Å²) in [6.45, 7) is 1.98. The van der Waals surface area contributed by atoms with Gasteiger partial charge < -0.3 is 4.74 Å². The summed E-state index contributed by atoms with van der Waals surface area (Å²) >= 11 is 1.54. The zero-order chi connectivity index (χ0) is 17.9. The van der Waals surface area contributed by atoms with Crippen molar-refractivity contribution in [3.63, 3.8) is 0 Å². The highest BCUT2D eigenvalue weighted by molar-refractivity contribution is 7.98. The lowest BCUT2D eigenvalue weighted by Gasteiger charge is -2.05. The highest BCUT2D eigenvalue weighted by Crippen LogP contribution is 2.24. The average molecular weight is 363 g/mol. The molecule has 2 aromatic heterocycles. The van der Waals surface area contributed by atoms with Crippen molar-refractivity contribution in [2.45, 2.75) is 17.8 Å². The lowest BCUT2D eigenvalue weighted by molar-refractivity contribution is 0.415. The van der Waals surface area contributed by atoms with E-state index < -0.39 is 0 Å². The summed E-state index contributed by atoms with van der Waals surface area (Å²) in [5.41, 5.74) is 4.67. The number of benzene rings is 2. The predicted molar refractivity (Wildman–Crippen MR) is 102 cm³/mol. The number of hydrogen-bond donors (Lipinski definition) is 1. The van der Waals surface area contributed by atoms with Crippen LogP contribution >= 0.6 is 11.8 Å². The van der Waals surface area contributed by atoms with E-state index in [1.165, 1.54) is 11.8 Å². The van der Waals surface area contributed by atoms with Crippen molar-refractivity contribution in [3.05, 3.63) is 59.9 Å². The maximum Gasteiger partial charge on any atom is 0.209 e. The molecule has 1 N–H and O–H groups in total. The number of aromatic amines is 1. The van der Waals surface area contributed by atoms with Crippen molar-refractivity contribution in [1.29, 1.82) is 0 Å². The Labute approximate surface area is 155 Å². The van der Waals surface area contributed by atoms with E-state index in [0.717, 1.165) is 39.6 Å². The minimum atomic E-state index is 0.670. The molecular formula is C19H17N5OS. The largest absolute Gasteiger partial charge is 0.497 e. The van der Waals surface area contributed by atoms with Crippen LogP contribution in [0.5, 0.6) is 5.75 Å². The molecule has 0 saturated heterocycles. The second-order valence-corrected chi connectivity index (χ2v) is 6.67. The predicted octanol–water partition coefficient (Wildman–Crippen LogP) is 4.02. The molecule has 0 spiro atoms. The molecule has 26 heavy (non-hydrogen) atoms. The molecule has 0 amide bonds. The molecule has 7 heteroatoms. The van der Waals surface area contributed by atoms with Crippen LogP contribution in [0.15, 0.2) is 53.7 Å². The number of fused-ring (bicyclic) bond motifs is 1. The molecule has 0 radical (unpaired) electrons. The highest BCUT2D eigenvalue weighted by atomic mass is 32.2. The summed E-state index contributed by atoms with van der Waals surface area (Å²) in [7, 11) is 1.65. The van der Waals surface area contributed by atoms with Crippen molar-refractivity contribution in [2.75, 3.05) is 7.11 Å². The van der Waals surface area contributed by atoms with E-state index in [4.69, 9.17) is 9.72 Å². The first-order valence-corrected chi connectivity index (χ1v) is 9.13. The van der Waals surface area contributed by atoms with Crippen LogP contribution in [0.1, 0.15) is 11.4 Å². The molecule has 6 nitrogen and oxygen atoms in total. The van der Waals surface area contributed by atoms with Gasteiger partial charge >= 0.3 is 0 Å². The van der Waals surface area contributed by atoms with Crippen molar-refractivity contribution in [1.82, 2.24) is 25.1 Å². The van der Waals surface area contributed by atoms with Crippen molar-refractivity contribution >= 4 is 22.8 Å². The van der Waals surface area contributed by atoms with E-state index in [1.54, 1.807) is 7.11 Å². The first-order chi connectivity index (χ1) is 12.7. The maximum absolute atomic E-state index is 5.18. The number of aromatic nitrogens is 5. The Morgan fingerprint density at radius 2 is 1.69 bits per heavy atom. The van der Waals surface area contributed by atoms with E-state index in [9.17, 15) is 0 Å². The Kier molecular flexibility index (Phi) is 4.53. The summed E-state index contributed by atoms with van der Waals surface area (Å²) in [5.74, 6) is 2.22. The van der Waals surface area contributed by atoms with Gasteiger partial charge in [-0.2, -0.15) is 0 Å². The summed E-state index contributed by atoms with van der Waals surface area (Å²) in [4.78, 5) is 13.9. The van der Waals surface area contributed by atoms with Crippen molar-refractivity contribution in [3.8, 4) is 17.1 Å². The number of aryl methyl sites for hydroxylation is 1. The van der Waals surface area contributed by atoms with E-state index in [1.807, 2.05) is 55.5 Å². The third-order valence-electron chi connectivity index (χ3n) is 4.01. The average Bonchev–Trinajstić information content (AvgIpc) is 3.15. The molecular weight excluding hydrogens is 346 g/mol. The van der Waals surface area contributed by atoms with Gasteiger partial charge in [0.05, 0.1) is 29.5 Å². The lowest BCUT2D eigenvalue weighted by Crippen LogP contribution is -1.97. The number of methoxy groups -OCH3 is 1. The monoisotopic (exact) mass is 363 g/mol. The Bertz CT molecular complexity index is 1050. The summed E-state index contributed by atoms with van der Waals surface area (Å²) in [6, 6.07) is 15.6. The van der Waals surface area contributed by atoms with Crippen LogP contribution in [0.25, 0.3) is 22.4 Å². The van der Waals surface area contributed by atoms with Gasteiger partial charge in [-0.25, -0.2) is 15.0 Å². The van der Waals surface area contributed by atoms with Crippen LogP contribution in [0.3, 0.4) is 0 Å².